The van der Waals surface area contributed by atoms with E-state index in [9.17, 15) is 18.0 Å². The third-order valence-corrected chi connectivity index (χ3v) is 6.80. The summed E-state index contributed by atoms with van der Waals surface area (Å²) >= 11 is 0. The van der Waals surface area contributed by atoms with E-state index >= 15 is 0 Å². The van der Waals surface area contributed by atoms with E-state index < -0.39 is 22.1 Å². The van der Waals surface area contributed by atoms with Gasteiger partial charge in [0.1, 0.15) is 0 Å². The lowest BCUT2D eigenvalue weighted by molar-refractivity contribution is -0.128. The van der Waals surface area contributed by atoms with Gasteiger partial charge in [-0.25, -0.2) is 13.2 Å². The number of hydrogen-bond donors (Lipinski definition) is 1. The van der Waals surface area contributed by atoms with Gasteiger partial charge in [0.05, 0.1) is 17.5 Å². The molecule has 0 radical (unpaired) electrons. The van der Waals surface area contributed by atoms with Crippen molar-refractivity contribution in [2.75, 3.05) is 19.6 Å². The first kappa shape index (κ1) is 17.7. The second-order valence-electron chi connectivity index (χ2n) is 6.79. The molecule has 3 amide bonds. The quantitative estimate of drug-likeness (QED) is 0.810. The number of nitrogens with zero attached hydrogens (tertiary/aromatic N) is 2. The van der Waals surface area contributed by atoms with Gasteiger partial charge in [-0.15, -0.1) is 0 Å². The summed E-state index contributed by atoms with van der Waals surface area (Å²) in [5.41, 5.74) is 3.12. The van der Waals surface area contributed by atoms with E-state index in [2.05, 4.69) is 5.32 Å². The first-order valence-corrected chi connectivity index (χ1v) is 10.1. The van der Waals surface area contributed by atoms with Crippen LogP contribution in [0.1, 0.15) is 5.56 Å². The number of hydrogen-bond acceptors (Lipinski definition) is 4. The Morgan fingerprint density at radius 2 is 1.48 bits per heavy atom. The predicted octanol–water partition coefficient (Wildman–Crippen LogP) is 1.59. The lowest BCUT2D eigenvalue weighted by Gasteiger charge is -2.41. The zero-order valence-electron chi connectivity index (χ0n) is 14.8. The van der Waals surface area contributed by atoms with Crippen LogP contribution in [0.15, 0.2) is 53.4 Å². The van der Waals surface area contributed by atoms with Gasteiger partial charge in [0, 0.05) is 13.1 Å². The number of urea groups is 1. The van der Waals surface area contributed by atoms with Gasteiger partial charge in [-0.2, -0.15) is 4.31 Å². The summed E-state index contributed by atoms with van der Waals surface area (Å²) in [6.45, 7) is 2.24. The molecule has 27 heavy (non-hydrogen) atoms. The molecule has 0 bridgehead atoms. The molecular weight excluding hydrogens is 366 g/mol. The molecule has 0 aromatic heterocycles. The molecule has 4 rings (SSSR count). The Balaban J connectivity index is 1.47. The molecule has 0 spiro atoms. The Hall–Kier alpha value is -2.71. The minimum absolute atomic E-state index is 0.0252. The number of carbonyl (C=O) groups is 2. The zero-order valence-corrected chi connectivity index (χ0v) is 15.6. The van der Waals surface area contributed by atoms with Crippen molar-refractivity contribution in [3.05, 3.63) is 54.1 Å². The molecule has 1 N–H and O–H groups in total. The van der Waals surface area contributed by atoms with Crippen molar-refractivity contribution in [3.63, 3.8) is 0 Å². The maximum absolute atomic E-state index is 12.8. The standard InChI is InChI=1S/C19H19N3O4S/c1-13-2-4-14(5-3-13)15-6-8-17(9-7-15)27(25,26)21-11-16(12-21)22-18(23)10-20-19(22)24/h2-9,16H,10-12H2,1H3,(H,20,24). The molecule has 2 aliphatic rings. The molecule has 2 heterocycles. The summed E-state index contributed by atoms with van der Waals surface area (Å²) in [7, 11) is -3.64. The van der Waals surface area contributed by atoms with Gasteiger partial charge >= 0.3 is 6.03 Å². The molecule has 0 saturated carbocycles. The Morgan fingerprint density at radius 3 is 2.00 bits per heavy atom. The zero-order chi connectivity index (χ0) is 19.2. The summed E-state index contributed by atoms with van der Waals surface area (Å²) in [4.78, 5) is 24.7. The summed E-state index contributed by atoms with van der Waals surface area (Å²) < 4.78 is 26.8. The first-order chi connectivity index (χ1) is 12.9. The van der Waals surface area contributed by atoms with E-state index in [4.69, 9.17) is 0 Å². The van der Waals surface area contributed by atoms with E-state index in [0.29, 0.717) is 0 Å². The average molecular weight is 385 g/mol. The van der Waals surface area contributed by atoms with Crippen LogP contribution in [0.3, 0.4) is 0 Å². The SMILES string of the molecule is Cc1ccc(-c2ccc(S(=O)(=O)N3CC(N4C(=O)CNC4=O)C3)cc2)cc1. The highest BCUT2D eigenvalue weighted by Gasteiger charge is 2.45. The average Bonchev–Trinajstić information content (AvgIpc) is 2.94. The van der Waals surface area contributed by atoms with Crippen LogP contribution >= 0.6 is 0 Å². The summed E-state index contributed by atoms with van der Waals surface area (Å²) in [5.74, 6) is -0.315. The molecule has 2 fully saturated rings. The second-order valence-corrected chi connectivity index (χ2v) is 8.73. The Labute approximate surface area is 157 Å². The number of nitrogens with one attached hydrogen (secondary N) is 1. The topological polar surface area (TPSA) is 86.8 Å². The fourth-order valence-electron chi connectivity index (χ4n) is 3.29. The van der Waals surface area contributed by atoms with Crippen LogP contribution in [-0.4, -0.2) is 55.2 Å². The molecular formula is C19H19N3O4S. The fourth-order valence-corrected chi connectivity index (χ4v) is 4.81. The van der Waals surface area contributed by atoms with E-state index in [0.717, 1.165) is 21.6 Å². The highest BCUT2D eigenvalue weighted by atomic mass is 32.2. The van der Waals surface area contributed by atoms with E-state index in [1.54, 1.807) is 24.3 Å². The van der Waals surface area contributed by atoms with Crippen molar-refractivity contribution >= 4 is 22.0 Å². The number of benzene rings is 2. The molecule has 7 nitrogen and oxygen atoms in total. The van der Waals surface area contributed by atoms with Crippen molar-refractivity contribution in [1.29, 1.82) is 0 Å². The molecule has 2 aliphatic heterocycles. The summed E-state index contributed by atoms with van der Waals surface area (Å²) in [6, 6.07) is 13.9. The van der Waals surface area contributed by atoms with Gasteiger partial charge in [-0.1, -0.05) is 42.0 Å². The van der Waals surface area contributed by atoms with Crippen molar-refractivity contribution in [2.45, 2.75) is 17.9 Å². The minimum atomic E-state index is -3.64. The molecule has 2 saturated heterocycles. The number of imide groups is 1. The number of amides is 3. The van der Waals surface area contributed by atoms with Crippen LogP contribution < -0.4 is 5.32 Å². The monoisotopic (exact) mass is 385 g/mol. The van der Waals surface area contributed by atoms with Gasteiger partial charge < -0.3 is 5.32 Å². The largest absolute Gasteiger partial charge is 0.329 e. The molecule has 0 unspecified atom stereocenters. The maximum Gasteiger partial charge on any atom is 0.324 e. The van der Waals surface area contributed by atoms with Crippen molar-refractivity contribution < 1.29 is 18.0 Å². The molecule has 0 aliphatic carbocycles. The first-order valence-electron chi connectivity index (χ1n) is 8.63. The normalized spacial score (nSPS) is 18.5. The van der Waals surface area contributed by atoms with Gasteiger partial charge in [0.25, 0.3) is 0 Å². The van der Waals surface area contributed by atoms with Crippen LogP contribution in [0.5, 0.6) is 0 Å². The van der Waals surface area contributed by atoms with E-state index in [1.807, 2.05) is 31.2 Å². The molecule has 2 aromatic rings. The van der Waals surface area contributed by atoms with Gasteiger partial charge in [0.2, 0.25) is 15.9 Å². The number of rotatable bonds is 4. The summed E-state index contributed by atoms with van der Waals surface area (Å²) in [5, 5.41) is 2.45. The number of aryl methyl sites for hydroxylation is 1. The summed E-state index contributed by atoms with van der Waals surface area (Å²) in [6.07, 6.45) is 0. The van der Waals surface area contributed by atoms with Gasteiger partial charge in [-0.3, -0.25) is 9.69 Å². The predicted molar refractivity (Wildman–Crippen MR) is 99.4 cm³/mol. The molecule has 140 valence electrons. The van der Waals surface area contributed by atoms with Crippen LogP contribution in [0, 0.1) is 6.92 Å². The van der Waals surface area contributed by atoms with E-state index in [-0.39, 0.29) is 30.4 Å². The van der Waals surface area contributed by atoms with E-state index in [1.165, 1.54) is 4.31 Å². The minimum Gasteiger partial charge on any atom is -0.329 e. The smallest absolute Gasteiger partial charge is 0.324 e. The van der Waals surface area contributed by atoms with Crippen molar-refractivity contribution in [2.24, 2.45) is 0 Å². The van der Waals surface area contributed by atoms with Crippen LogP contribution in [0.25, 0.3) is 11.1 Å². The van der Waals surface area contributed by atoms with Crippen LogP contribution in [0.4, 0.5) is 4.79 Å². The van der Waals surface area contributed by atoms with Gasteiger partial charge in [-0.05, 0) is 30.2 Å². The lowest BCUT2D eigenvalue weighted by Crippen LogP contribution is -2.62. The Morgan fingerprint density at radius 1 is 0.926 bits per heavy atom. The maximum atomic E-state index is 12.8. The number of sulfonamides is 1. The molecule has 2 aromatic carbocycles. The van der Waals surface area contributed by atoms with Crippen molar-refractivity contribution in [1.82, 2.24) is 14.5 Å². The van der Waals surface area contributed by atoms with Gasteiger partial charge in [0.15, 0.2) is 0 Å². The lowest BCUT2D eigenvalue weighted by atomic mass is 10.0. The third-order valence-electron chi connectivity index (χ3n) is 4.95. The molecule has 0 atom stereocenters. The highest BCUT2D eigenvalue weighted by Crippen LogP contribution is 2.27. The third kappa shape index (κ3) is 3.11. The van der Waals surface area contributed by atoms with Crippen molar-refractivity contribution in [3.8, 4) is 11.1 Å². The Bertz CT molecular complexity index is 978. The van der Waals surface area contributed by atoms with Crippen LogP contribution in [-0.2, 0) is 14.8 Å². The molecule has 8 heteroatoms. The number of carbonyl (C=O) groups excluding carboxylic acids is 2. The van der Waals surface area contributed by atoms with Crippen LogP contribution in [0.2, 0.25) is 0 Å². The second kappa shape index (κ2) is 6.47. The fraction of sp³-hybridized carbons (Fsp3) is 0.263. The highest BCUT2D eigenvalue weighted by molar-refractivity contribution is 7.89. The Kier molecular flexibility index (Phi) is 4.24.